The molecule has 0 bridgehead atoms. The van der Waals surface area contributed by atoms with E-state index in [4.69, 9.17) is 17.3 Å². The summed E-state index contributed by atoms with van der Waals surface area (Å²) in [6.07, 6.45) is 4.25. The number of benzene rings is 1. The molecule has 21 heavy (non-hydrogen) atoms. The molecule has 6 heteroatoms. The molecule has 2 amide bonds. The standard InChI is InChI=1S/C15H22ClN3O2/c1-18-15(21)12-10-11(16)7-8-13(12)19-14(20)6-4-2-3-5-9-17/h7-8,10H,2-6,9,17H2,1H3,(H,18,21)(H,19,20). The first-order valence-corrected chi connectivity index (χ1v) is 7.48. The molecule has 0 spiro atoms. The summed E-state index contributed by atoms with van der Waals surface area (Å²) < 4.78 is 0. The topological polar surface area (TPSA) is 84.2 Å². The van der Waals surface area contributed by atoms with Gasteiger partial charge in [-0.2, -0.15) is 0 Å². The maximum atomic E-state index is 11.9. The number of carbonyl (C=O) groups excluding carboxylic acids is 2. The Morgan fingerprint density at radius 2 is 1.90 bits per heavy atom. The Kier molecular flexibility index (Phi) is 7.79. The zero-order chi connectivity index (χ0) is 15.7. The molecule has 5 nitrogen and oxygen atoms in total. The first kappa shape index (κ1) is 17.5. The van der Waals surface area contributed by atoms with Crippen LogP contribution in [0.1, 0.15) is 42.5 Å². The number of carbonyl (C=O) groups is 2. The highest BCUT2D eigenvalue weighted by atomic mass is 35.5. The summed E-state index contributed by atoms with van der Waals surface area (Å²) >= 11 is 5.88. The van der Waals surface area contributed by atoms with E-state index in [0.717, 1.165) is 25.7 Å². The van der Waals surface area contributed by atoms with Gasteiger partial charge in [-0.25, -0.2) is 0 Å². The third kappa shape index (κ3) is 6.14. The summed E-state index contributed by atoms with van der Waals surface area (Å²) in [5.74, 6) is -0.383. The van der Waals surface area contributed by atoms with E-state index in [1.165, 1.54) is 13.1 Å². The fourth-order valence-corrected chi connectivity index (χ4v) is 2.12. The first-order chi connectivity index (χ1) is 10.1. The summed E-state index contributed by atoms with van der Waals surface area (Å²) in [7, 11) is 1.53. The van der Waals surface area contributed by atoms with Gasteiger partial charge in [0.15, 0.2) is 0 Å². The lowest BCUT2D eigenvalue weighted by Crippen LogP contribution is -2.21. The van der Waals surface area contributed by atoms with E-state index in [-0.39, 0.29) is 11.8 Å². The molecule has 0 aliphatic rings. The molecule has 0 radical (unpaired) electrons. The molecular formula is C15H22ClN3O2. The molecule has 0 unspecified atom stereocenters. The van der Waals surface area contributed by atoms with Crippen molar-refractivity contribution in [3.8, 4) is 0 Å². The highest BCUT2D eigenvalue weighted by Crippen LogP contribution is 2.21. The summed E-state index contributed by atoms with van der Waals surface area (Å²) in [4.78, 5) is 23.7. The van der Waals surface area contributed by atoms with Gasteiger partial charge in [0.1, 0.15) is 0 Å². The van der Waals surface area contributed by atoms with Gasteiger partial charge in [-0.3, -0.25) is 9.59 Å². The second-order valence-corrected chi connectivity index (χ2v) is 5.21. The van der Waals surface area contributed by atoms with Crippen LogP contribution in [-0.2, 0) is 4.79 Å². The second kappa shape index (κ2) is 9.37. The van der Waals surface area contributed by atoms with Gasteiger partial charge in [-0.15, -0.1) is 0 Å². The third-order valence-corrected chi connectivity index (χ3v) is 3.32. The lowest BCUT2D eigenvalue weighted by Gasteiger charge is -2.10. The quantitative estimate of drug-likeness (QED) is 0.645. The van der Waals surface area contributed by atoms with Gasteiger partial charge >= 0.3 is 0 Å². The number of hydrogen-bond donors (Lipinski definition) is 3. The molecule has 0 atom stereocenters. The van der Waals surface area contributed by atoms with Gasteiger partial charge in [0.05, 0.1) is 11.3 Å². The van der Waals surface area contributed by atoms with Crippen LogP contribution in [0.15, 0.2) is 18.2 Å². The third-order valence-electron chi connectivity index (χ3n) is 3.09. The largest absolute Gasteiger partial charge is 0.355 e. The molecule has 0 aromatic heterocycles. The molecule has 0 aliphatic carbocycles. The normalized spacial score (nSPS) is 10.2. The van der Waals surface area contributed by atoms with Crippen molar-refractivity contribution >= 4 is 29.1 Å². The molecule has 4 N–H and O–H groups in total. The number of nitrogens with one attached hydrogen (secondary N) is 2. The summed E-state index contributed by atoms with van der Waals surface area (Å²) in [6, 6.07) is 4.82. The van der Waals surface area contributed by atoms with Gasteiger partial charge in [0.25, 0.3) is 5.91 Å². The fraction of sp³-hybridized carbons (Fsp3) is 0.467. The molecule has 1 aromatic carbocycles. The Labute approximate surface area is 130 Å². The van der Waals surface area contributed by atoms with Gasteiger partial charge in [0.2, 0.25) is 5.91 Å². The zero-order valence-electron chi connectivity index (χ0n) is 12.2. The van der Waals surface area contributed by atoms with E-state index in [1.807, 2.05) is 0 Å². The van der Waals surface area contributed by atoms with Gasteiger partial charge in [-0.1, -0.05) is 24.4 Å². The number of amides is 2. The van der Waals surface area contributed by atoms with Crippen LogP contribution in [0.3, 0.4) is 0 Å². The molecule has 0 fully saturated rings. The van der Waals surface area contributed by atoms with Crippen LogP contribution in [0.4, 0.5) is 5.69 Å². The lowest BCUT2D eigenvalue weighted by atomic mass is 10.1. The maximum Gasteiger partial charge on any atom is 0.253 e. The predicted molar refractivity (Wildman–Crippen MR) is 85.6 cm³/mol. The number of nitrogens with two attached hydrogens (primary N) is 1. The first-order valence-electron chi connectivity index (χ1n) is 7.10. The minimum Gasteiger partial charge on any atom is -0.355 e. The summed E-state index contributed by atoms with van der Waals surface area (Å²) in [5.41, 5.74) is 6.26. The van der Waals surface area contributed by atoms with Crippen molar-refractivity contribution in [3.63, 3.8) is 0 Å². The van der Waals surface area contributed by atoms with E-state index in [0.29, 0.717) is 29.2 Å². The second-order valence-electron chi connectivity index (χ2n) is 4.77. The van der Waals surface area contributed by atoms with E-state index >= 15 is 0 Å². The minimum absolute atomic E-state index is 0.102. The van der Waals surface area contributed by atoms with Crippen LogP contribution in [0.2, 0.25) is 5.02 Å². The molecule has 1 aromatic rings. The number of halogens is 1. The molecule has 0 aliphatic heterocycles. The smallest absolute Gasteiger partial charge is 0.253 e. The molecule has 0 saturated heterocycles. The highest BCUT2D eigenvalue weighted by Gasteiger charge is 2.12. The van der Waals surface area contributed by atoms with Crippen molar-refractivity contribution in [2.24, 2.45) is 5.73 Å². The van der Waals surface area contributed by atoms with E-state index in [9.17, 15) is 9.59 Å². The van der Waals surface area contributed by atoms with Crippen LogP contribution in [0, 0.1) is 0 Å². The Balaban J connectivity index is 2.57. The molecule has 1 rings (SSSR count). The monoisotopic (exact) mass is 311 g/mol. The number of anilines is 1. The van der Waals surface area contributed by atoms with E-state index < -0.39 is 0 Å². The van der Waals surface area contributed by atoms with Crippen molar-refractivity contribution in [2.75, 3.05) is 18.9 Å². The van der Waals surface area contributed by atoms with Crippen molar-refractivity contribution in [2.45, 2.75) is 32.1 Å². The molecule has 0 saturated carbocycles. The average Bonchev–Trinajstić information content (AvgIpc) is 2.48. The van der Waals surface area contributed by atoms with Crippen molar-refractivity contribution in [3.05, 3.63) is 28.8 Å². The van der Waals surface area contributed by atoms with Gasteiger partial charge in [0, 0.05) is 18.5 Å². The lowest BCUT2D eigenvalue weighted by molar-refractivity contribution is -0.116. The molecular weight excluding hydrogens is 290 g/mol. The Bertz CT molecular complexity index is 492. The van der Waals surface area contributed by atoms with Crippen LogP contribution in [0.25, 0.3) is 0 Å². The van der Waals surface area contributed by atoms with E-state index in [2.05, 4.69) is 10.6 Å². The van der Waals surface area contributed by atoms with Crippen molar-refractivity contribution < 1.29 is 9.59 Å². The average molecular weight is 312 g/mol. The highest BCUT2D eigenvalue weighted by molar-refractivity contribution is 6.31. The van der Waals surface area contributed by atoms with Crippen molar-refractivity contribution in [1.82, 2.24) is 5.32 Å². The van der Waals surface area contributed by atoms with Crippen LogP contribution < -0.4 is 16.4 Å². The Hall–Kier alpha value is -1.59. The van der Waals surface area contributed by atoms with Crippen molar-refractivity contribution in [1.29, 1.82) is 0 Å². The fourth-order valence-electron chi connectivity index (χ4n) is 1.94. The molecule has 116 valence electrons. The predicted octanol–water partition coefficient (Wildman–Crippen LogP) is 2.55. The SMILES string of the molecule is CNC(=O)c1cc(Cl)ccc1NC(=O)CCCCCCN. The zero-order valence-corrected chi connectivity index (χ0v) is 13.0. The maximum absolute atomic E-state index is 11.9. The van der Waals surface area contributed by atoms with Crippen LogP contribution >= 0.6 is 11.6 Å². The molecule has 0 heterocycles. The van der Waals surface area contributed by atoms with Gasteiger partial charge in [-0.05, 0) is 37.6 Å². The summed E-state index contributed by atoms with van der Waals surface area (Å²) in [6.45, 7) is 0.687. The Morgan fingerprint density at radius 3 is 2.57 bits per heavy atom. The number of unbranched alkanes of at least 4 members (excludes halogenated alkanes) is 3. The van der Waals surface area contributed by atoms with E-state index in [1.54, 1.807) is 12.1 Å². The Morgan fingerprint density at radius 1 is 1.19 bits per heavy atom. The van der Waals surface area contributed by atoms with Gasteiger partial charge < -0.3 is 16.4 Å². The number of rotatable bonds is 8. The van der Waals surface area contributed by atoms with Crippen LogP contribution in [-0.4, -0.2) is 25.4 Å². The minimum atomic E-state index is -0.282. The summed E-state index contributed by atoms with van der Waals surface area (Å²) in [5, 5.41) is 5.74. The number of hydrogen-bond acceptors (Lipinski definition) is 3. The van der Waals surface area contributed by atoms with Crippen LogP contribution in [0.5, 0.6) is 0 Å².